The number of rotatable bonds is 4. The Kier molecular flexibility index (Phi) is 5.50. The Morgan fingerprint density at radius 1 is 1.17 bits per heavy atom. The van der Waals surface area contributed by atoms with Crippen molar-refractivity contribution in [2.75, 3.05) is 24.1 Å². The van der Waals surface area contributed by atoms with E-state index < -0.39 is 0 Å². The van der Waals surface area contributed by atoms with E-state index in [0.29, 0.717) is 31.1 Å². The van der Waals surface area contributed by atoms with Gasteiger partial charge in [-0.3, -0.25) is 9.69 Å². The Hall–Kier alpha value is -2.91. The van der Waals surface area contributed by atoms with Crippen LogP contribution in [-0.4, -0.2) is 30.0 Å². The van der Waals surface area contributed by atoms with Gasteiger partial charge in [0.1, 0.15) is 5.75 Å². The number of carbonyl (C=O) groups is 1. The number of thioether (sulfide) groups is 1. The first-order valence-corrected chi connectivity index (χ1v) is 10.7. The van der Waals surface area contributed by atoms with Gasteiger partial charge < -0.3 is 9.64 Å². The number of aryl methyl sites for hydroxylation is 1. The summed E-state index contributed by atoms with van der Waals surface area (Å²) in [6.07, 6.45) is 0.308. The molecule has 148 valence electrons. The second-order valence-corrected chi connectivity index (χ2v) is 8.13. The van der Waals surface area contributed by atoms with Crippen LogP contribution in [0.25, 0.3) is 0 Å². The van der Waals surface area contributed by atoms with Crippen LogP contribution in [0.4, 0.5) is 5.69 Å². The molecule has 1 fully saturated rings. The van der Waals surface area contributed by atoms with E-state index in [1.165, 1.54) is 5.56 Å². The van der Waals surface area contributed by atoms with Crippen LogP contribution in [0.1, 0.15) is 30.4 Å². The molecule has 0 aromatic heterocycles. The normalized spacial score (nSPS) is 19.1. The molecule has 0 bridgehead atoms. The number of amides is 1. The molecule has 6 heteroatoms. The largest absolute Gasteiger partial charge is 0.494 e. The summed E-state index contributed by atoms with van der Waals surface area (Å²) in [5, 5.41) is 10.7. The van der Waals surface area contributed by atoms with E-state index in [9.17, 15) is 10.1 Å². The summed E-state index contributed by atoms with van der Waals surface area (Å²) < 4.78 is 5.51. The quantitative estimate of drug-likeness (QED) is 0.743. The zero-order valence-electron chi connectivity index (χ0n) is 16.6. The van der Waals surface area contributed by atoms with Gasteiger partial charge in [0, 0.05) is 18.0 Å². The van der Waals surface area contributed by atoms with E-state index in [1.54, 1.807) is 16.7 Å². The molecule has 4 rings (SSSR count). The minimum absolute atomic E-state index is 0.0576. The number of ether oxygens (including phenoxy) is 1. The highest BCUT2D eigenvalue weighted by atomic mass is 32.2. The maximum absolute atomic E-state index is 13.0. The predicted molar refractivity (Wildman–Crippen MR) is 115 cm³/mol. The lowest BCUT2D eigenvalue weighted by Gasteiger charge is -2.42. The molecule has 0 aliphatic carbocycles. The summed E-state index contributed by atoms with van der Waals surface area (Å²) in [6, 6.07) is 18.4. The van der Waals surface area contributed by atoms with E-state index in [0.717, 1.165) is 22.0 Å². The lowest BCUT2D eigenvalue weighted by atomic mass is 9.86. The topological polar surface area (TPSA) is 56.6 Å². The van der Waals surface area contributed by atoms with Gasteiger partial charge in [0.25, 0.3) is 0 Å². The van der Waals surface area contributed by atoms with Crippen molar-refractivity contribution in [3.8, 4) is 11.8 Å². The summed E-state index contributed by atoms with van der Waals surface area (Å²) in [4.78, 5) is 16.9. The van der Waals surface area contributed by atoms with Gasteiger partial charge in [0.15, 0.2) is 0 Å². The van der Waals surface area contributed by atoms with Crippen molar-refractivity contribution in [3.63, 3.8) is 0 Å². The summed E-state index contributed by atoms with van der Waals surface area (Å²) in [7, 11) is 0. The maximum Gasteiger partial charge on any atom is 0.229 e. The maximum atomic E-state index is 13.0. The Morgan fingerprint density at radius 2 is 1.90 bits per heavy atom. The highest BCUT2D eigenvalue weighted by molar-refractivity contribution is 8.03. The van der Waals surface area contributed by atoms with Crippen molar-refractivity contribution in [1.82, 2.24) is 4.90 Å². The van der Waals surface area contributed by atoms with E-state index in [4.69, 9.17) is 4.74 Å². The zero-order valence-corrected chi connectivity index (χ0v) is 17.4. The number of fused-ring (bicyclic) bond motifs is 1. The standard InChI is InChI=1S/C23H23N3O2S/c1-3-28-19-10-6-17(7-11-19)20-12-22(27)26-14-25(15-29-23(26)21(20)13-24)18-8-4-16(2)5-9-18/h4-11,20H,3,12,14-15H2,1-2H3/t20-/m1/s1. The van der Waals surface area contributed by atoms with Gasteiger partial charge in [-0.1, -0.05) is 41.6 Å². The van der Waals surface area contributed by atoms with Crippen LogP contribution in [0.15, 0.2) is 59.1 Å². The van der Waals surface area contributed by atoms with Gasteiger partial charge in [0.2, 0.25) is 5.91 Å². The number of carbonyl (C=O) groups excluding carboxylic acids is 1. The van der Waals surface area contributed by atoms with Crippen LogP contribution in [-0.2, 0) is 4.79 Å². The van der Waals surface area contributed by atoms with Gasteiger partial charge in [-0.25, -0.2) is 0 Å². The molecule has 0 N–H and O–H groups in total. The highest BCUT2D eigenvalue weighted by Crippen LogP contribution is 2.43. The van der Waals surface area contributed by atoms with Crippen molar-refractivity contribution >= 4 is 23.4 Å². The lowest BCUT2D eigenvalue weighted by molar-refractivity contribution is -0.129. The summed E-state index contributed by atoms with van der Waals surface area (Å²) in [6.45, 7) is 5.09. The summed E-state index contributed by atoms with van der Waals surface area (Å²) in [5.74, 6) is 1.37. The second-order valence-electron chi connectivity index (χ2n) is 7.20. The van der Waals surface area contributed by atoms with Crippen molar-refractivity contribution < 1.29 is 9.53 Å². The number of anilines is 1. The van der Waals surface area contributed by atoms with Crippen LogP contribution in [0.5, 0.6) is 5.75 Å². The molecule has 1 atom stereocenters. The van der Waals surface area contributed by atoms with Gasteiger partial charge >= 0.3 is 0 Å². The fourth-order valence-electron chi connectivity index (χ4n) is 3.73. The number of benzene rings is 2. The number of nitriles is 1. The highest BCUT2D eigenvalue weighted by Gasteiger charge is 2.38. The molecular weight excluding hydrogens is 382 g/mol. The van der Waals surface area contributed by atoms with Gasteiger partial charge in [0.05, 0.1) is 35.8 Å². The third-order valence-corrected chi connectivity index (χ3v) is 6.44. The number of hydrogen-bond acceptors (Lipinski definition) is 5. The van der Waals surface area contributed by atoms with Crippen LogP contribution in [0.3, 0.4) is 0 Å². The van der Waals surface area contributed by atoms with E-state index in [-0.39, 0.29) is 11.8 Å². The first-order chi connectivity index (χ1) is 14.1. The molecule has 2 aliphatic rings. The third kappa shape index (κ3) is 3.83. The zero-order chi connectivity index (χ0) is 20.4. The van der Waals surface area contributed by atoms with Crippen molar-refractivity contribution in [3.05, 3.63) is 70.3 Å². The molecule has 29 heavy (non-hydrogen) atoms. The molecule has 2 aliphatic heterocycles. The van der Waals surface area contributed by atoms with Crippen LogP contribution in [0.2, 0.25) is 0 Å². The number of nitrogens with zero attached hydrogens (tertiary/aromatic N) is 3. The Balaban J connectivity index is 1.61. The Bertz CT molecular complexity index is 977. The first-order valence-electron chi connectivity index (χ1n) is 9.72. The van der Waals surface area contributed by atoms with Crippen LogP contribution < -0.4 is 9.64 Å². The van der Waals surface area contributed by atoms with Crippen molar-refractivity contribution in [2.24, 2.45) is 0 Å². The molecular formula is C23H23N3O2S. The molecule has 2 heterocycles. The first kappa shape index (κ1) is 19.4. The monoisotopic (exact) mass is 405 g/mol. The fourth-order valence-corrected chi connectivity index (χ4v) is 4.90. The Morgan fingerprint density at radius 3 is 2.55 bits per heavy atom. The van der Waals surface area contributed by atoms with Gasteiger partial charge in [-0.15, -0.1) is 0 Å². The van der Waals surface area contributed by atoms with E-state index >= 15 is 0 Å². The fraction of sp³-hybridized carbons (Fsp3) is 0.304. The van der Waals surface area contributed by atoms with Crippen LogP contribution in [0, 0.1) is 18.3 Å². The summed E-state index contributed by atoms with van der Waals surface area (Å²) >= 11 is 1.56. The molecule has 0 radical (unpaired) electrons. The molecule has 0 unspecified atom stereocenters. The summed E-state index contributed by atoms with van der Waals surface area (Å²) in [5.41, 5.74) is 3.95. The molecule has 0 saturated carbocycles. The third-order valence-electron chi connectivity index (χ3n) is 5.29. The Labute approximate surface area is 175 Å². The smallest absolute Gasteiger partial charge is 0.229 e. The average Bonchev–Trinajstić information content (AvgIpc) is 2.75. The molecule has 0 spiro atoms. The van der Waals surface area contributed by atoms with Gasteiger partial charge in [-0.05, 0) is 43.7 Å². The van der Waals surface area contributed by atoms with Crippen molar-refractivity contribution in [1.29, 1.82) is 5.26 Å². The molecule has 1 amide bonds. The van der Waals surface area contributed by atoms with E-state index in [2.05, 4.69) is 42.2 Å². The lowest BCUT2D eigenvalue weighted by Crippen LogP contribution is -2.47. The number of allylic oxidation sites excluding steroid dienone is 1. The second kappa shape index (κ2) is 8.22. The molecule has 5 nitrogen and oxygen atoms in total. The molecule has 2 aromatic carbocycles. The molecule has 1 saturated heterocycles. The van der Waals surface area contributed by atoms with Crippen LogP contribution >= 0.6 is 11.8 Å². The molecule has 2 aromatic rings. The van der Waals surface area contributed by atoms with Gasteiger partial charge in [-0.2, -0.15) is 5.26 Å². The predicted octanol–water partition coefficient (Wildman–Crippen LogP) is 4.61. The minimum Gasteiger partial charge on any atom is -0.494 e. The average molecular weight is 406 g/mol. The SMILES string of the molecule is CCOc1ccc([C@H]2CC(=O)N3CN(c4ccc(C)cc4)CSC3=C2C#N)cc1. The number of hydrogen-bond donors (Lipinski definition) is 0. The van der Waals surface area contributed by atoms with E-state index in [1.807, 2.05) is 31.2 Å². The minimum atomic E-state index is -0.201. The van der Waals surface area contributed by atoms with Crippen molar-refractivity contribution in [2.45, 2.75) is 26.2 Å².